The first-order valence-electron chi connectivity index (χ1n) is 6.84. The standard InChI is InChI=1S/C17H21NO2/c1-12(2)20-15-8-9-16(13(3)10-15)18-11-14-6-4-5-7-17(14)19/h4-10,12,18-19H,11H2,1-3H3. The Hall–Kier alpha value is -2.16. The summed E-state index contributed by atoms with van der Waals surface area (Å²) in [5.41, 5.74) is 3.05. The Labute approximate surface area is 120 Å². The average Bonchev–Trinajstić information content (AvgIpc) is 2.39. The highest BCUT2D eigenvalue weighted by Gasteiger charge is 2.04. The van der Waals surface area contributed by atoms with Gasteiger partial charge in [-0.15, -0.1) is 0 Å². The van der Waals surface area contributed by atoms with Gasteiger partial charge in [-0.1, -0.05) is 18.2 Å². The van der Waals surface area contributed by atoms with Crippen LogP contribution in [0.4, 0.5) is 5.69 Å². The van der Waals surface area contributed by atoms with Gasteiger partial charge in [0.05, 0.1) is 6.10 Å². The fourth-order valence-corrected chi connectivity index (χ4v) is 2.03. The van der Waals surface area contributed by atoms with E-state index in [1.165, 1.54) is 0 Å². The van der Waals surface area contributed by atoms with Crippen LogP contribution in [0.15, 0.2) is 42.5 Å². The second-order valence-electron chi connectivity index (χ2n) is 5.13. The monoisotopic (exact) mass is 271 g/mol. The predicted octanol–water partition coefficient (Wildman–Crippen LogP) is 4.10. The molecule has 0 fully saturated rings. The van der Waals surface area contributed by atoms with E-state index in [1.807, 2.05) is 57.2 Å². The van der Waals surface area contributed by atoms with Crippen LogP contribution in [0.1, 0.15) is 25.0 Å². The van der Waals surface area contributed by atoms with Crippen LogP contribution >= 0.6 is 0 Å². The van der Waals surface area contributed by atoms with Crippen molar-refractivity contribution in [2.75, 3.05) is 5.32 Å². The summed E-state index contributed by atoms with van der Waals surface area (Å²) in [6.07, 6.45) is 0.175. The number of para-hydroxylation sites is 1. The molecule has 106 valence electrons. The fraction of sp³-hybridized carbons (Fsp3) is 0.294. The van der Waals surface area contributed by atoms with Gasteiger partial charge in [-0.25, -0.2) is 0 Å². The lowest BCUT2D eigenvalue weighted by molar-refractivity contribution is 0.242. The summed E-state index contributed by atoms with van der Waals surface area (Å²) in [7, 11) is 0. The highest BCUT2D eigenvalue weighted by molar-refractivity contribution is 5.54. The lowest BCUT2D eigenvalue weighted by Gasteiger charge is -2.14. The van der Waals surface area contributed by atoms with Gasteiger partial charge in [-0.2, -0.15) is 0 Å². The van der Waals surface area contributed by atoms with Gasteiger partial charge in [0.1, 0.15) is 11.5 Å². The fourth-order valence-electron chi connectivity index (χ4n) is 2.03. The van der Waals surface area contributed by atoms with E-state index in [4.69, 9.17) is 4.74 Å². The third-order valence-corrected chi connectivity index (χ3v) is 3.03. The number of rotatable bonds is 5. The number of nitrogens with one attached hydrogen (secondary N) is 1. The van der Waals surface area contributed by atoms with E-state index in [2.05, 4.69) is 5.32 Å². The molecule has 0 atom stereocenters. The summed E-state index contributed by atoms with van der Waals surface area (Å²) < 4.78 is 5.66. The lowest BCUT2D eigenvalue weighted by atomic mass is 10.1. The van der Waals surface area contributed by atoms with Crippen LogP contribution in [0.5, 0.6) is 11.5 Å². The number of phenols is 1. The zero-order valence-electron chi connectivity index (χ0n) is 12.2. The van der Waals surface area contributed by atoms with Crippen LogP contribution < -0.4 is 10.1 Å². The van der Waals surface area contributed by atoms with Gasteiger partial charge in [0.25, 0.3) is 0 Å². The molecule has 0 aliphatic rings. The number of anilines is 1. The van der Waals surface area contributed by atoms with Gasteiger partial charge in [-0.3, -0.25) is 0 Å². The second kappa shape index (κ2) is 6.33. The zero-order valence-corrected chi connectivity index (χ0v) is 12.2. The Morgan fingerprint density at radius 1 is 1.15 bits per heavy atom. The molecule has 20 heavy (non-hydrogen) atoms. The molecule has 0 saturated carbocycles. The third kappa shape index (κ3) is 3.67. The predicted molar refractivity (Wildman–Crippen MR) is 82.4 cm³/mol. The molecule has 0 spiro atoms. The van der Waals surface area contributed by atoms with E-state index in [-0.39, 0.29) is 6.10 Å². The summed E-state index contributed by atoms with van der Waals surface area (Å²) in [4.78, 5) is 0. The first-order valence-corrected chi connectivity index (χ1v) is 6.84. The van der Waals surface area contributed by atoms with Crippen LogP contribution in [-0.4, -0.2) is 11.2 Å². The number of phenolic OH excluding ortho intramolecular Hbond substituents is 1. The molecular formula is C17H21NO2. The number of ether oxygens (including phenoxy) is 1. The van der Waals surface area contributed by atoms with Crippen molar-refractivity contribution in [3.63, 3.8) is 0 Å². The van der Waals surface area contributed by atoms with Crippen molar-refractivity contribution in [2.24, 2.45) is 0 Å². The van der Waals surface area contributed by atoms with Gasteiger partial charge >= 0.3 is 0 Å². The van der Waals surface area contributed by atoms with Crippen molar-refractivity contribution in [2.45, 2.75) is 33.4 Å². The van der Waals surface area contributed by atoms with E-state index >= 15 is 0 Å². The summed E-state index contributed by atoms with van der Waals surface area (Å²) in [6.45, 7) is 6.66. The van der Waals surface area contributed by atoms with Gasteiger partial charge in [0, 0.05) is 17.8 Å². The maximum absolute atomic E-state index is 9.74. The highest BCUT2D eigenvalue weighted by atomic mass is 16.5. The molecular weight excluding hydrogens is 250 g/mol. The number of aryl methyl sites for hydroxylation is 1. The van der Waals surface area contributed by atoms with Crippen LogP contribution in [0.3, 0.4) is 0 Å². The van der Waals surface area contributed by atoms with Gasteiger partial charge in [0.15, 0.2) is 0 Å². The smallest absolute Gasteiger partial charge is 0.120 e. The highest BCUT2D eigenvalue weighted by Crippen LogP contribution is 2.24. The van der Waals surface area contributed by atoms with Crippen molar-refractivity contribution >= 4 is 5.69 Å². The van der Waals surface area contributed by atoms with Crippen molar-refractivity contribution in [3.05, 3.63) is 53.6 Å². The van der Waals surface area contributed by atoms with E-state index < -0.39 is 0 Å². The molecule has 0 aliphatic carbocycles. The molecule has 0 aliphatic heterocycles. The summed E-state index contributed by atoms with van der Waals surface area (Å²) in [5, 5.41) is 13.1. The quantitative estimate of drug-likeness (QED) is 0.860. The minimum absolute atomic E-state index is 0.175. The SMILES string of the molecule is Cc1cc(OC(C)C)ccc1NCc1ccccc1O. The van der Waals surface area contributed by atoms with E-state index in [0.29, 0.717) is 12.3 Å². The molecule has 3 heteroatoms. The molecule has 2 rings (SSSR count). The van der Waals surface area contributed by atoms with Crippen molar-refractivity contribution in [1.29, 1.82) is 0 Å². The largest absolute Gasteiger partial charge is 0.508 e. The van der Waals surface area contributed by atoms with Crippen LogP contribution in [-0.2, 0) is 6.54 Å². The Bertz CT molecular complexity index is 579. The molecule has 0 unspecified atom stereocenters. The Kier molecular flexibility index (Phi) is 4.51. The molecule has 0 radical (unpaired) electrons. The maximum atomic E-state index is 9.74. The molecule has 2 aromatic carbocycles. The van der Waals surface area contributed by atoms with Gasteiger partial charge < -0.3 is 15.2 Å². The Balaban J connectivity index is 2.05. The topological polar surface area (TPSA) is 41.5 Å². The molecule has 0 amide bonds. The molecule has 2 N–H and O–H groups in total. The normalized spacial score (nSPS) is 10.6. The van der Waals surface area contributed by atoms with E-state index in [1.54, 1.807) is 6.07 Å². The molecule has 0 bridgehead atoms. The van der Waals surface area contributed by atoms with Crippen LogP contribution in [0.2, 0.25) is 0 Å². The van der Waals surface area contributed by atoms with Crippen LogP contribution in [0, 0.1) is 6.92 Å². The molecule has 2 aromatic rings. The van der Waals surface area contributed by atoms with E-state index in [9.17, 15) is 5.11 Å². The van der Waals surface area contributed by atoms with Crippen molar-refractivity contribution in [3.8, 4) is 11.5 Å². The average molecular weight is 271 g/mol. The first-order chi connectivity index (χ1) is 9.56. The lowest BCUT2D eigenvalue weighted by Crippen LogP contribution is -2.06. The molecule has 3 nitrogen and oxygen atoms in total. The van der Waals surface area contributed by atoms with Crippen molar-refractivity contribution in [1.82, 2.24) is 0 Å². The van der Waals surface area contributed by atoms with Crippen LogP contribution in [0.25, 0.3) is 0 Å². The number of hydrogen-bond acceptors (Lipinski definition) is 3. The van der Waals surface area contributed by atoms with Gasteiger partial charge in [-0.05, 0) is 50.6 Å². The summed E-state index contributed by atoms with van der Waals surface area (Å²) >= 11 is 0. The zero-order chi connectivity index (χ0) is 14.5. The molecule has 0 saturated heterocycles. The van der Waals surface area contributed by atoms with E-state index in [0.717, 1.165) is 22.6 Å². The van der Waals surface area contributed by atoms with Crippen molar-refractivity contribution < 1.29 is 9.84 Å². The molecule has 0 aromatic heterocycles. The Morgan fingerprint density at radius 2 is 1.90 bits per heavy atom. The summed E-state index contributed by atoms with van der Waals surface area (Å²) in [5.74, 6) is 1.20. The third-order valence-electron chi connectivity index (χ3n) is 3.03. The second-order valence-corrected chi connectivity index (χ2v) is 5.13. The first kappa shape index (κ1) is 14.3. The van der Waals surface area contributed by atoms with Gasteiger partial charge in [0.2, 0.25) is 0 Å². The molecule has 0 heterocycles. The summed E-state index contributed by atoms with van der Waals surface area (Å²) in [6, 6.07) is 13.3. The number of hydrogen-bond donors (Lipinski definition) is 2. The minimum atomic E-state index is 0.175. The maximum Gasteiger partial charge on any atom is 0.120 e. The number of aromatic hydroxyl groups is 1. The minimum Gasteiger partial charge on any atom is -0.508 e. The number of benzene rings is 2. The Morgan fingerprint density at radius 3 is 2.55 bits per heavy atom.